The first-order valence-corrected chi connectivity index (χ1v) is 8.38. The van der Waals surface area contributed by atoms with Crippen LogP contribution < -0.4 is 10.6 Å². The predicted octanol–water partition coefficient (Wildman–Crippen LogP) is 3.18. The van der Waals surface area contributed by atoms with Crippen molar-refractivity contribution in [1.82, 2.24) is 15.6 Å². The standard InChI is InChI=1S/C13H17ClN4OS2.HI/c1-8-16-5-9(20-8)6-17-13(15-2)18-7-10(19)11-3-4-12(14)21-11;/h3-5,10,19H,6-7H2,1-2H3,(H2,15,17,18);1H. The SMILES string of the molecule is CN=C(NCc1cnc(C)s1)NCC(O)c1ccc(Cl)s1.I. The van der Waals surface area contributed by atoms with Crippen molar-refractivity contribution >= 4 is 64.2 Å². The lowest BCUT2D eigenvalue weighted by Gasteiger charge is -2.14. The fraction of sp³-hybridized carbons (Fsp3) is 0.385. The van der Waals surface area contributed by atoms with Gasteiger partial charge in [-0.15, -0.1) is 46.7 Å². The minimum Gasteiger partial charge on any atom is -0.386 e. The van der Waals surface area contributed by atoms with Crippen LogP contribution in [0.15, 0.2) is 23.3 Å². The molecule has 2 aromatic rings. The molecule has 0 aromatic carbocycles. The van der Waals surface area contributed by atoms with Gasteiger partial charge in [0.05, 0.1) is 15.9 Å². The third kappa shape index (κ3) is 5.99. The fourth-order valence-corrected chi connectivity index (χ4v) is 3.46. The molecule has 1 atom stereocenters. The van der Waals surface area contributed by atoms with E-state index in [-0.39, 0.29) is 24.0 Å². The molecule has 22 heavy (non-hydrogen) atoms. The van der Waals surface area contributed by atoms with Crippen LogP contribution in [0, 0.1) is 6.92 Å². The van der Waals surface area contributed by atoms with Crippen molar-refractivity contribution in [1.29, 1.82) is 0 Å². The second-order valence-electron chi connectivity index (χ2n) is 4.31. The first-order chi connectivity index (χ1) is 10.1. The van der Waals surface area contributed by atoms with Crippen molar-refractivity contribution in [3.63, 3.8) is 0 Å². The molecule has 5 nitrogen and oxygen atoms in total. The zero-order valence-corrected chi connectivity index (χ0v) is 16.9. The number of aliphatic hydroxyl groups is 1. The molecule has 0 aliphatic rings. The van der Waals surface area contributed by atoms with Gasteiger partial charge in [0.25, 0.3) is 0 Å². The van der Waals surface area contributed by atoms with Crippen LogP contribution in [0.4, 0.5) is 0 Å². The lowest BCUT2D eigenvalue weighted by Crippen LogP contribution is -2.38. The third-order valence-corrected chi connectivity index (χ3v) is 4.95. The van der Waals surface area contributed by atoms with E-state index in [4.69, 9.17) is 11.6 Å². The van der Waals surface area contributed by atoms with E-state index in [0.29, 0.717) is 23.4 Å². The number of nitrogens with zero attached hydrogens (tertiary/aromatic N) is 2. The molecule has 9 heteroatoms. The van der Waals surface area contributed by atoms with Crippen molar-refractivity contribution < 1.29 is 5.11 Å². The molecule has 0 aliphatic carbocycles. The number of aryl methyl sites for hydroxylation is 1. The third-order valence-electron chi connectivity index (χ3n) is 2.71. The Morgan fingerprint density at radius 2 is 2.18 bits per heavy atom. The normalized spacial score (nSPS) is 12.6. The molecule has 0 radical (unpaired) electrons. The van der Waals surface area contributed by atoms with Gasteiger partial charge in [-0.1, -0.05) is 11.6 Å². The Morgan fingerprint density at radius 1 is 1.41 bits per heavy atom. The maximum atomic E-state index is 10.1. The minimum absolute atomic E-state index is 0. The average molecular weight is 473 g/mol. The highest BCUT2D eigenvalue weighted by molar-refractivity contribution is 14.0. The molecule has 122 valence electrons. The maximum Gasteiger partial charge on any atom is 0.191 e. The summed E-state index contributed by atoms with van der Waals surface area (Å²) in [6, 6.07) is 3.61. The van der Waals surface area contributed by atoms with Gasteiger partial charge in [0.2, 0.25) is 0 Å². The Bertz CT molecular complexity index is 617. The topological polar surface area (TPSA) is 69.5 Å². The summed E-state index contributed by atoms with van der Waals surface area (Å²) in [5, 5.41) is 17.4. The minimum atomic E-state index is -0.605. The van der Waals surface area contributed by atoms with Crippen LogP contribution in [0.2, 0.25) is 4.34 Å². The Morgan fingerprint density at radius 3 is 2.73 bits per heavy atom. The largest absolute Gasteiger partial charge is 0.386 e. The van der Waals surface area contributed by atoms with Gasteiger partial charge in [0.15, 0.2) is 5.96 Å². The summed E-state index contributed by atoms with van der Waals surface area (Å²) >= 11 is 8.88. The molecule has 0 fully saturated rings. The summed E-state index contributed by atoms with van der Waals surface area (Å²) in [5.74, 6) is 0.641. The molecule has 2 aromatic heterocycles. The Kier molecular flexibility index (Phi) is 8.62. The van der Waals surface area contributed by atoms with Gasteiger partial charge in [0.1, 0.15) is 6.10 Å². The number of hydrogen-bond donors (Lipinski definition) is 3. The van der Waals surface area contributed by atoms with Crippen LogP contribution in [0.5, 0.6) is 0 Å². The van der Waals surface area contributed by atoms with Crippen molar-refractivity contribution in [2.75, 3.05) is 13.6 Å². The maximum absolute atomic E-state index is 10.1. The molecule has 3 N–H and O–H groups in total. The Balaban J connectivity index is 0.00000242. The van der Waals surface area contributed by atoms with Crippen molar-refractivity contribution in [3.8, 4) is 0 Å². The van der Waals surface area contributed by atoms with E-state index in [9.17, 15) is 5.11 Å². The number of aliphatic imine (C=N–C) groups is 1. The number of rotatable bonds is 5. The molecule has 1 unspecified atom stereocenters. The van der Waals surface area contributed by atoms with E-state index >= 15 is 0 Å². The molecule has 2 heterocycles. The van der Waals surface area contributed by atoms with E-state index in [0.717, 1.165) is 14.8 Å². The van der Waals surface area contributed by atoms with E-state index in [1.165, 1.54) is 11.3 Å². The molecule has 0 saturated carbocycles. The highest BCUT2D eigenvalue weighted by atomic mass is 127. The van der Waals surface area contributed by atoms with Crippen LogP contribution >= 0.6 is 58.3 Å². The van der Waals surface area contributed by atoms with Crippen LogP contribution in [0.3, 0.4) is 0 Å². The quantitative estimate of drug-likeness (QED) is 0.355. The summed E-state index contributed by atoms with van der Waals surface area (Å²) in [6.07, 6.45) is 1.25. The molecule has 0 saturated heterocycles. The van der Waals surface area contributed by atoms with Gasteiger partial charge in [-0.3, -0.25) is 4.99 Å². The monoisotopic (exact) mass is 472 g/mol. The summed E-state index contributed by atoms with van der Waals surface area (Å²) < 4.78 is 0.673. The number of thiazole rings is 1. The fourth-order valence-electron chi connectivity index (χ4n) is 1.68. The van der Waals surface area contributed by atoms with Crippen LogP contribution in [0.25, 0.3) is 0 Å². The number of halogens is 2. The molecule has 0 aliphatic heterocycles. The predicted molar refractivity (Wildman–Crippen MR) is 105 cm³/mol. The zero-order chi connectivity index (χ0) is 15.2. The molecular formula is C13H18ClIN4OS2. The van der Waals surface area contributed by atoms with Crippen LogP contribution in [-0.2, 0) is 6.54 Å². The second-order valence-corrected chi connectivity index (χ2v) is 7.38. The van der Waals surface area contributed by atoms with Crippen molar-refractivity contribution in [2.24, 2.45) is 4.99 Å². The van der Waals surface area contributed by atoms with Gasteiger partial charge in [-0.05, 0) is 19.1 Å². The smallest absolute Gasteiger partial charge is 0.191 e. The summed E-state index contributed by atoms with van der Waals surface area (Å²) in [5.41, 5.74) is 0. The summed E-state index contributed by atoms with van der Waals surface area (Å²) in [4.78, 5) is 10.3. The first kappa shape index (κ1) is 19.6. The number of aliphatic hydroxyl groups excluding tert-OH is 1. The number of guanidine groups is 1. The summed E-state index contributed by atoms with van der Waals surface area (Å²) in [7, 11) is 1.70. The second kappa shape index (κ2) is 9.66. The van der Waals surface area contributed by atoms with Crippen molar-refractivity contribution in [3.05, 3.63) is 37.4 Å². The van der Waals surface area contributed by atoms with Gasteiger partial charge < -0.3 is 15.7 Å². The van der Waals surface area contributed by atoms with Crippen LogP contribution in [0.1, 0.15) is 20.9 Å². The van der Waals surface area contributed by atoms with Gasteiger partial charge in [-0.2, -0.15) is 0 Å². The van der Waals surface area contributed by atoms with E-state index in [1.807, 2.05) is 19.2 Å². The zero-order valence-electron chi connectivity index (χ0n) is 12.2. The lowest BCUT2D eigenvalue weighted by atomic mass is 10.3. The molecule has 0 amide bonds. The highest BCUT2D eigenvalue weighted by Crippen LogP contribution is 2.26. The molecule has 2 rings (SSSR count). The van der Waals surface area contributed by atoms with Crippen molar-refractivity contribution in [2.45, 2.75) is 19.6 Å². The Labute approximate surface area is 159 Å². The molecular weight excluding hydrogens is 455 g/mol. The van der Waals surface area contributed by atoms with E-state index in [1.54, 1.807) is 24.5 Å². The number of thiophene rings is 1. The van der Waals surface area contributed by atoms with Crippen LogP contribution in [-0.4, -0.2) is 29.6 Å². The average Bonchev–Trinajstić information content (AvgIpc) is 3.07. The van der Waals surface area contributed by atoms with E-state index in [2.05, 4.69) is 20.6 Å². The highest BCUT2D eigenvalue weighted by Gasteiger charge is 2.11. The van der Waals surface area contributed by atoms with Gasteiger partial charge in [-0.25, -0.2) is 4.98 Å². The molecule has 0 bridgehead atoms. The van der Waals surface area contributed by atoms with Gasteiger partial charge in [0, 0.05) is 29.5 Å². The number of aromatic nitrogens is 1. The molecule has 0 spiro atoms. The number of nitrogens with one attached hydrogen (secondary N) is 2. The summed E-state index contributed by atoms with van der Waals surface area (Å²) in [6.45, 7) is 3.01. The Hall–Kier alpha value is -0.420. The van der Waals surface area contributed by atoms with E-state index < -0.39 is 6.10 Å². The number of hydrogen-bond acceptors (Lipinski definition) is 5. The van der Waals surface area contributed by atoms with Gasteiger partial charge >= 0.3 is 0 Å². The first-order valence-electron chi connectivity index (χ1n) is 6.37. The lowest BCUT2D eigenvalue weighted by molar-refractivity contribution is 0.184.